The van der Waals surface area contributed by atoms with Crippen LogP contribution in [-0.2, 0) is 0 Å². The molecule has 0 aliphatic carbocycles. The predicted octanol–water partition coefficient (Wildman–Crippen LogP) is 3.42. The summed E-state index contributed by atoms with van der Waals surface area (Å²) in [7, 11) is 2.88. The Morgan fingerprint density at radius 2 is 1.70 bits per heavy atom. The summed E-state index contributed by atoms with van der Waals surface area (Å²) < 4.78 is 46.2. The Balaban J connectivity index is 2.52. The maximum absolute atomic E-state index is 14.1. The minimum atomic E-state index is -0.781. The molecule has 0 heterocycles. The third-order valence-corrected chi connectivity index (χ3v) is 3.05. The summed E-state index contributed by atoms with van der Waals surface area (Å²) in [5, 5.41) is 2.79. The van der Waals surface area contributed by atoms with Gasteiger partial charge in [-0.25, -0.2) is 13.2 Å². The lowest BCUT2D eigenvalue weighted by molar-refractivity contribution is 0.403. The van der Waals surface area contributed by atoms with Gasteiger partial charge in [-0.15, -0.1) is 0 Å². The molecule has 20 heavy (non-hydrogen) atoms. The second-order valence-electron chi connectivity index (χ2n) is 4.28. The maximum Gasteiger partial charge on any atom is 0.134 e. The molecule has 0 aliphatic rings. The molecule has 2 aromatic rings. The summed E-state index contributed by atoms with van der Waals surface area (Å²) in [5.41, 5.74) is 0.273. The van der Waals surface area contributed by atoms with E-state index in [4.69, 9.17) is 4.74 Å². The topological polar surface area (TPSA) is 21.3 Å². The lowest BCUT2D eigenvalue weighted by Crippen LogP contribution is -2.20. The van der Waals surface area contributed by atoms with E-state index in [2.05, 4.69) is 5.32 Å². The molecule has 0 amide bonds. The van der Waals surface area contributed by atoms with Crippen molar-refractivity contribution < 1.29 is 17.9 Å². The highest BCUT2D eigenvalue weighted by molar-refractivity contribution is 5.38. The number of nitrogens with one attached hydrogen (secondary N) is 1. The minimum absolute atomic E-state index is 0.0952. The third kappa shape index (κ3) is 2.77. The van der Waals surface area contributed by atoms with Gasteiger partial charge in [0.1, 0.15) is 23.2 Å². The van der Waals surface area contributed by atoms with E-state index in [9.17, 15) is 13.2 Å². The number of rotatable bonds is 4. The highest BCUT2D eigenvalue weighted by Crippen LogP contribution is 2.30. The van der Waals surface area contributed by atoms with Crippen molar-refractivity contribution in [2.45, 2.75) is 6.04 Å². The molecule has 0 bridgehead atoms. The summed E-state index contributed by atoms with van der Waals surface area (Å²) in [4.78, 5) is 0. The van der Waals surface area contributed by atoms with Gasteiger partial charge in [0.05, 0.1) is 13.2 Å². The molecule has 1 unspecified atom stereocenters. The Morgan fingerprint density at radius 3 is 2.20 bits per heavy atom. The molecule has 0 aliphatic heterocycles. The quantitative estimate of drug-likeness (QED) is 0.927. The monoisotopic (exact) mass is 281 g/mol. The SMILES string of the molecule is CNC(c1cccc(F)c1)c1c(F)cc(OC)cc1F. The van der Waals surface area contributed by atoms with Crippen molar-refractivity contribution >= 4 is 0 Å². The van der Waals surface area contributed by atoms with Crippen LogP contribution in [0.1, 0.15) is 17.2 Å². The normalized spacial score (nSPS) is 12.2. The molecule has 2 rings (SSSR count). The van der Waals surface area contributed by atoms with Gasteiger partial charge in [0.2, 0.25) is 0 Å². The minimum Gasteiger partial charge on any atom is -0.497 e. The van der Waals surface area contributed by atoms with E-state index in [-0.39, 0.29) is 11.3 Å². The van der Waals surface area contributed by atoms with Gasteiger partial charge in [0.25, 0.3) is 0 Å². The molecule has 0 radical (unpaired) electrons. The Hall–Kier alpha value is -2.01. The molecule has 0 aromatic heterocycles. The van der Waals surface area contributed by atoms with Crippen LogP contribution in [0.4, 0.5) is 13.2 Å². The Labute approximate surface area is 115 Å². The number of methoxy groups -OCH3 is 1. The van der Waals surface area contributed by atoms with Crippen molar-refractivity contribution in [2.75, 3.05) is 14.2 Å². The summed E-state index contributed by atoms with van der Waals surface area (Å²) >= 11 is 0. The van der Waals surface area contributed by atoms with Crippen molar-refractivity contribution in [2.24, 2.45) is 0 Å². The zero-order valence-corrected chi connectivity index (χ0v) is 11.1. The van der Waals surface area contributed by atoms with Crippen LogP contribution in [-0.4, -0.2) is 14.2 Å². The van der Waals surface area contributed by atoms with Gasteiger partial charge < -0.3 is 10.1 Å². The maximum atomic E-state index is 14.1. The fourth-order valence-corrected chi connectivity index (χ4v) is 2.12. The van der Waals surface area contributed by atoms with E-state index in [0.29, 0.717) is 5.56 Å². The number of halogens is 3. The first-order valence-electron chi connectivity index (χ1n) is 6.02. The number of ether oxygens (including phenoxy) is 1. The van der Waals surface area contributed by atoms with E-state index in [0.717, 1.165) is 12.1 Å². The van der Waals surface area contributed by atoms with Crippen LogP contribution in [0.15, 0.2) is 36.4 Å². The summed E-state index contributed by atoms with van der Waals surface area (Å²) in [6.45, 7) is 0. The molecule has 0 spiro atoms. The van der Waals surface area contributed by atoms with E-state index >= 15 is 0 Å². The van der Waals surface area contributed by atoms with Crippen LogP contribution in [0, 0.1) is 17.5 Å². The van der Waals surface area contributed by atoms with Gasteiger partial charge in [0, 0.05) is 17.7 Å². The van der Waals surface area contributed by atoms with Crippen LogP contribution in [0.2, 0.25) is 0 Å². The van der Waals surface area contributed by atoms with Gasteiger partial charge in [-0.3, -0.25) is 0 Å². The molecule has 2 aromatic carbocycles. The summed E-state index contributed by atoms with van der Waals surface area (Å²) in [5.74, 6) is -1.86. The molecule has 0 saturated carbocycles. The number of benzene rings is 2. The average Bonchev–Trinajstić information content (AvgIpc) is 2.42. The number of hydrogen-bond acceptors (Lipinski definition) is 2. The number of hydrogen-bond donors (Lipinski definition) is 1. The van der Waals surface area contributed by atoms with Crippen LogP contribution in [0.25, 0.3) is 0 Å². The van der Waals surface area contributed by atoms with Crippen LogP contribution in [0.3, 0.4) is 0 Å². The zero-order chi connectivity index (χ0) is 14.7. The van der Waals surface area contributed by atoms with Gasteiger partial charge in [-0.05, 0) is 24.7 Å². The first-order valence-corrected chi connectivity index (χ1v) is 6.02. The molecule has 5 heteroatoms. The first kappa shape index (κ1) is 14.4. The molecule has 1 atom stereocenters. The Kier molecular flexibility index (Phi) is 4.29. The molecular formula is C15H14F3NO. The van der Waals surface area contributed by atoms with E-state index in [1.807, 2.05) is 0 Å². The molecule has 106 valence electrons. The lowest BCUT2D eigenvalue weighted by Gasteiger charge is -2.19. The van der Waals surface area contributed by atoms with E-state index in [1.165, 1.54) is 25.3 Å². The Morgan fingerprint density at radius 1 is 1.05 bits per heavy atom. The van der Waals surface area contributed by atoms with Gasteiger partial charge in [0.15, 0.2) is 0 Å². The van der Waals surface area contributed by atoms with Gasteiger partial charge in [-0.2, -0.15) is 0 Å². The fourth-order valence-electron chi connectivity index (χ4n) is 2.12. The smallest absolute Gasteiger partial charge is 0.134 e. The largest absolute Gasteiger partial charge is 0.497 e. The fraction of sp³-hybridized carbons (Fsp3) is 0.200. The van der Waals surface area contributed by atoms with E-state index < -0.39 is 23.5 Å². The molecule has 0 fully saturated rings. The standard InChI is InChI=1S/C15H14F3NO/c1-19-15(9-4-3-5-10(16)6-9)14-12(17)7-11(20-2)8-13(14)18/h3-8,15,19H,1-2H3. The second-order valence-corrected chi connectivity index (χ2v) is 4.28. The van der Waals surface area contributed by atoms with Crippen LogP contribution < -0.4 is 10.1 Å². The average molecular weight is 281 g/mol. The predicted molar refractivity (Wildman–Crippen MR) is 70.2 cm³/mol. The second kappa shape index (κ2) is 5.96. The molecular weight excluding hydrogens is 267 g/mol. The first-order chi connectivity index (χ1) is 9.56. The zero-order valence-electron chi connectivity index (χ0n) is 11.1. The molecule has 2 nitrogen and oxygen atoms in total. The molecule has 0 saturated heterocycles. The van der Waals surface area contributed by atoms with Crippen molar-refractivity contribution in [1.29, 1.82) is 0 Å². The van der Waals surface area contributed by atoms with E-state index in [1.54, 1.807) is 13.1 Å². The van der Waals surface area contributed by atoms with Crippen molar-refractivity contribution in [3.05, 3.63) is 65.0 Å². The highest BCUT2D eigenvalue weighted by Gasteiger charge is 2.22. The van der Waals surface area contributed by atoms with Crippen LogP contribution in [0.5, 0.6) is 5.75 Å². The van der Waals surface area contributed by atoms with Crippen molar-refractivity contribution in [3.63, 3.8) is 0 Å². The lowest BCUT2D eigenvalue weighted by atomic mass is 9.97. The van der Waals surface area contributed by atoms with Gasteiger partial charge >= 0.3 is 0 Å². The third-order valence-electron chi connectivity index (χ3n) is 3.05. The Bertz CT molecular complexity index is 593. The molecule has 1 N–H and O–H groups in total. The summed E-state index contributed by atoms with van der Waals surface area (Å²) in [6, 6.07) is 7.03. The van der Waals surface area contributed by atoms with Crippen LogP contribution >= 0.6 is 0 Å². The van der Waals surface area contributed by atoms with Crippen molar-refractivity contribution in [1.82, 2.24) is 5.32 Å². The van der Waals surface area contributed by atoms with Gasteiger partial charge in [-0.1, -0.05) is 12.1 Å². The highest BCUT2D eigenvalue weighted by atomic mass is 19.1. The van der Waals surface area contributed by atoms with Crippen molar-refractivity contribution in [3.8, 4) is 5.75 Å². The summed E-state index contributed by atoms with van der Waals surface area (Å²) in [6.07, 6.45) is 0.